The van der Waals surface area contributed by atoms with Gasteiger partial charge in [-0.2, -0.15) is 5.10 Å². The van der Waals surface area contributed by atoms with Crippen molar-refractivity contribution in [1.82, 2.24) is 24.6 Å². The molecule has 5 rings (SSSR count). The Morgan fingerprint density at radius 3 is 2.79 bits per heavy atom. The normalized spacial score (nSPS) is 19.6. The average Bonchev–Trinajstić information content (AvgIpc) is 3.51. The highest BCUT2D eigenvalue weighted by Crippen LogP contribution is 2.30. The van der Waals surface area contributed by atoms with Crippen LogP contribution in [0.25, 0.3) is 21.8 Å². The van der Waals surface area contributed by atoms with Gasteiger partial charge in [-0.15, -0.1) is 0 Å². The third-order valence-corrected chi connectivity index (χ3v) is 7.61. The molecule has 0 radical (unpaired) electrons. The maximum Gasteiger partial charge on any atom is 0.259 e. The Kier molecular flexibility index (Phi) is 6.44. The summed E-state index contributed by atoms with van der Waals surface area (Å²) in [5.74, 6) is 0.0715. The number of carbonyl (C=O) groups excluding carboxylic acids is 1. The molecule has 0 unspecified atom stereocenters. The summed E-state index contributed by atoms with van der Waals surface area (Å²) in [6.45, 7) is 8.15. The van der Waals surface area contributed by atoms with Crippen LogP contribution in [0, 0.1) is 6.92 Å². The number of carbonyl (C=O) groups is 1. The Hall–Kier alpha value is -2.71. The highest BCUT2D eigenvalue weighted by molar-refractivity contribution is 6.07. The number of ether oxygens (including phenoxy) is 1. The number of hydrogen-bond acceptors (Lipinski definition) is 5. The molecule has 2 fully saturated rings. The summed E-state index contributed by atoms with van der Waals surface area (Å²) in [4.78, 5) is 33.8. The number of rotatable bonds is 6. The molecule has 34 heavy (non-hydrogen) atoms. The van der Waals surface area contributed by atoms with Gasteiger partial charge in [0.05, 0.1) is 28.7 Å². The monoisotopic (exact) mass is 465 g/mol. The molecular weight excluding hydrogens is 430 g/mol. The number of H-pyrrole nitrogens is 1. The lowest BCUT2D eigenvalue weighted by Gasteiger charge is -2.25. The molecule has 0 aliphatic carbocycles. The third kappa shape index (κ3) is 4.14. The smallest absolute Gasteiger partial charge is 0.259 e. The van der Waals surface area contributed by atoms with Crippen LogP contribution < -0.4 is 5.56 Å². The van der Waals surface area contributed by atoms with Crippen molar-refractivity contribution in [2.75, 3.05) is 39.9 Å². The average molecular weight is 466 g/mol. The summed E-state index contributed by atoms with van der Waals surface area (Å²) in [7, 11) is 2.17. The van der Waals surface area contributed by atoms with Crippen molar-refractivity contribution in [3.8, 4) is 0 Å². The van der Waals surface area contributed by atoms with Gasteiger partial charge in [-0.25, -0.2) is 0 Å². The van der Waals surface area contributed by atoms with Crippen LogP contribution in [0.4, 0.5) is 0 Å². The van der Waals surface area contributed by atoms with Gasteiger partial charge in [0.2, 0.25) is 0 Å². The van der Waals surface area contributed by atoms with Crippen molar-refractivity contribution in [3.05, 3.63) is 39.8 Å². The zero-order valence-electron chi connectivity index (χ0n) is 20.5. The zero-order valence-corrected chi connectivity index (χ0v) is 20.5. The molecule has 4 heterocycles. The number of fused-ring (bicyclic) bond motifs is 3. The maximum atomic E-state index is 13.6. The Morgan fingerprint density at radius 1 is 1.24 bits per heavy atom. The number of likely N-dealkylation sites (N-methyl/N-ethyl adjacent to an activating group) is 1. The molecule has 8 nitrogen and oxygen atoms in total. The van der Waals surface area contributed by atoms with E-state index in [4.69, 9.17) is 4.74 Å². The number of hydrogen-bond donors (Lipinski definition) is 1. The van der Waals surface area contributed by atoms with Crippen LogP contribution in [0.2, 0.25) is 0 Å². The van der Waals surface area contributed by atoms with E-state index in [9.17, 15) is 9.59 Å². The minimum absolute atomic E-state index is 0.0715. The topological polar surface area (TPSA) is 83.5 Å². The van der Waals surface area contributed by atoms with Crippen LogP contribution in [0.15, 0.2) is 23.1 Å². The molecular formula is C26H35N5O3. The molecule has 0 bridgehead atoms. The Morgan fingerprint density at radius 2 is 2.03 bits per heavy atom. The first kappa shape index (κ1) is 23.1. The first-order valence-electron chi connectivity index (χ1n) is 12.6. The highest BCUT2D eigenvalue weighted by atomic mass is 16.5. The van der Waals surface area contributed by atoms with E-state index in [0.29, 0.717) is 30.2 Å². The minimum Gasteiger partial charge on any atom is -0.381 e. The van der Waals surface area contributed by atoms with Gasteiger partial charge in [-0.3, -0.25) is 14.3 Å². The van der Waals surface area contributed by atoms with Crippen molar-refractivity contribution >= 4 is 27.7 Å². The van der Waals surface area contributed by atoms with Gasteiger partial charge < -0.3 is 19.5 Å². The number of amides is 1. The number of aromatic nitrogens is 3. The molecule has 2 aromatic heterocycles. The van der Waals surface area contributed by atoms with E-state index < -0.39 is 0 Å². The standard InChI is InChI=1S/C26H35N5O3/c1-4-5-9-29(3)19-6-10-30(16-19)26(33)20-14-21-23(13-17(20)2)28-25(32)22-15-27-31(24(21)22)18-7-11-34-12-8-18/h13-15,18-19H,4-12,16H2,1-3H3,(H,28,32)/t19-/m1/s1. The Bertz CT molecular complexity index is 1260. The molecule has 8 heteroatoms. The number of nitrogens with one attached hydrogen (secondary N) is 1. The molecule has 1 amide bonds. The van der Waals surface area contributed by atoms with Gasteiger partial charge in [0.15, 0.2) is 0 Å². The van der Waals surface area contributed by atoms with E-state index >= 15 is 0 Å². The van der Waals surface area contributed by atoms with Crippen molar-refractivity contribution in [3.63, 3.8) is 0 Å². The van der Waals surface area contributed by atoms with Crippen LogP contribution >= 0.6 is 0 Å². The van der Waals surface area contributed by atoms with Crippen LogP contribution in [-0.2, 0) is 4.74 Å². The molecule has 1 N–H and O–H groups in total. The van der Waals surface area contributed by atoms with E-state index in [2.05, 4.69) is 29.0 Å². The fraction of sp³-hybridized carbons (Fsp3) is 0.577. The van der Waals surface area contributed by atoms with Gasteiger partial charge in [-0.1, -0.05) is 13.3 Å². The van der Waals surface area contributed by atoms with Gasteiger partial charge in [-0.05, 0) is 63.9 Å². The summed E-state index contributed by atoms with van der Waals surface area (Å²) >= 11 is 0. The predicted octanol–water partition coefficient (Wildman–Crippen LogP) is 3.48. The van der Waals surface area contributed by atoms with E-state index in [1.54, 1.807) is 6.20 Å². The SMILES string of the molecule is CCCCN(C)[C@@H]1CCN(C(=O)c2cc3c(cc2C)[nH]c(=O)c2cnn(C4CCOCC4)c23)C1. The van der Waals surface area contributed by atoms with Crippen molar-refractivity contribution in [2.45, 2.75) is 58.0 Å². The fourth-order valence-corrected chi connectivity index (χ4v) is 5.48. The number of benzene rings is 1. The lowest BCUT2D eigenvalue weighted by molar-refractivity contribution is 0.0675. The lowest BCUT2D eigenvalue weighted by Crippen LogP contribution is -2.37. The second-order valence-electron chi connectivity index (χ2n) is 9.89. The summed E-state index contributed by atoms with van der Waals surface area (Å²) in [6, 6.07) is 4.51. The largest absolute Gasteiger partial charge is 0.381 e. The second-order valence-corrected chi connectivity index (χ2v) is 9.89. The van der Waals surface area contributed by atoms with Crippen LogP contribution in [-0.4, -0.2) is 76.4 Å². The van der Waals surface area contributed by atoms with E-state index in [-0.39, 0.29) is 17.5 Å². The molecule has 182 valence electrons. The Balaban J connectivity index is 1.51. The molecule has 0 spiro atoms. The van der Waals surface area contributed by atoms with Gasteiger partial charge >= 0.3 is 0 Å². The number of pyridine rings is 1. The first-order valence-corrected chi connectivity index (χ1v) is 12.6. The van der Waals surface area contributed by atoms with E-state index in [0.717, 1.165) is 60.9 Å². The highest BCUT2D eigenvalue weighted by Gasteiger charge is 2.30. The second kappa shape index (κ2) is 9.50. The van der Waals surface area contributed by atoms with Crippen molar-refractivity contribution in [2.24, 2.45) is 0 Å². The fourth-order valence-electron chi connectivity index (χ4n) is 5.48. The van der Waals surface area contributed by atoms with Crippen LogP contribution in [0.1, 0.15) is 61.0 Å². The third-order valence-electron chi connectivity index (χ3n) is 7.61. The van der Waals surface area contributed by atoms with Crippen molar-refractivity contribution in [1.29, 1.82) is 0 Å². The Labute approximate surface area is 199 Å². The molecule has 2 aliphatic heterocycles. The minimum atomic E-state index is -0.142. The maximum absolute atomic E-state index is 13.6. The molecule has 1 aromatic carbocycles. The van der Waals surface area contributed by atoms with Gasteiger partial charge in [0.25, 0.3) is 11.5 Å². The molecule has 2 saturated heterocycles. The van der Waals surface area contributed by atoms with Gasteiger partial charge in [0.1, 0.15) is 0 Å². The molecule has 1 atom stereocenters. The van der Waals surface area contributed by atoms with E-state index in [1.807, 2.05) is 28.6 Å². The number of unbranched alkanes of at least 4 members (excludes halogenated alkanes) is 1. The number of aromatic amines is 1. The summed E-state index contributed by atoms with van der Waals surface area (Å²) in [6.07, 6.45) is 6.75. The molecule has 0 saturated carbocycles. The predicted molar refractivity (Wildman–Crippen MR) is 134 cm³/mol. The quantitative estimate of drug-likeness (QED) is 0.603. The lowest BCUT2D eigenvalue weighted by atomic mass is 10.0. The summed E-state index contributed by atoms with van der Waals surface area (Å²) in [5.41, 5.74) is 3.01. The molecule has 3 aromatic rings. The summed E-state index contributed by atoms with van der Waals surface area (Å²) in [5, 5.41) is 6.05. The number of aryl methyl sites for hydroxylation is 1. The zero-order chi connectivity index (χ0) is 23.8. The number of likely N-dealkylation sites (tertiary alicyclic amines) is 1. The van der Waals surface area contributed by atoms with E-state index in [1.165, 1.54) is 12.8 Å². The van der Waals surface area contributed by atoms with Crippen molar-refractivity contribution < 1.29 is 9.53 Å². The number of nitrogens with zero attached hydrogens (tertiary/aromatic N) is 4. The summed E-state index contributed by atoms with van der Waals surface area (Å²) < 4.78 is 7.51. The van der Waals surface area contributed by atoms with Crippen LogP contribution in [0.5, 0.6) is 0 Å². The van der Waals surface area contributed by atoms with Crippen LogP contribution in [0.3, 0.4) is 0 Å². The molecule has 2 aliphatic rings. The van der Waals surface area contributed by atoms with Gasteiger partial charge in [0, 0.05) is 43.3 Å². The first-order chi connectivity index (χ1) is 16.5.